The third-order valence-electron chi connectivity index (χ3n) is 4.18. The van der Waals surface area contributed by atoms with E-state index in [1.54, 1.807) is 24.3 Å². The van der Waals surface area contributed by atoms with E-state index in [-0.39, 0.29) is 11.5 Å². The zero-order valence-electron chi connectivity index (χ0n) is 16.6. The lowest BCUT2D eigenvalue weighted by Crippen LogP contribution is -2.13. The van der Waals surface area contributed by atoms with Crippen molar-refractivity contribution < 1.29 is 33.1 Å². The van der Waals surface area contributed by atoms with Crippen LogP contribution in [0, 0.1) is 0 Å². The highest BCUT2D eigenvalue weighted by Crippen LogP contribution is 2.16. The Hall–Kier alpha value is -4.40. The van der Waals surface area contributed by atoms with E-state index >= 15 is 0 Å². The SMILES string of the molecule is COC(=O)c1ccc(NC(=O)c2ccc(C(=O)Nc3ccc(C(=O)OC)cc3)o2)cc1. The molecule has 31 heavy (non-hydrogen) atoms. The molecule has 2 amide bonds. The standard InChI is InChI=1S/C22H18N2O7/c1-29-21(27)13-3-7-15(8-4-13)23-19(25)17-11-12-18(31-17)20(26)24-16-9-5-14(6-10-16)22(28)30-2/h3-12H,1-2H3,(H,23,25)(H,24,26). The number of carbonyl (C=O) groups excluding carboxylic acids is 4. The maximum Gasteiger partial charge on any atom is 0.337 e. The molecule has 9 heteroatoms. The molecule has 0 aliphatic heterocycles. The smallest absolute Gasteiger partial charge is 0.337 e. The molecule has 0 saturated carbocycles. The van der Waals surface area contributed by atoms with Crippen LogP contribution >= 0.6 is 0 Å². The lowest BCUT2D eigenvalue weighted by molar-refractivity contribution is 0.0592. The molecule has 0 fully saturated rings. The molecule has 158 valence electrons. The van der Waals surface area contributed by atoms with Crippen LogP contribution in [-0.2, 0) is 9.47 Å². The minimum atomic E-state index is -0.563. The van der Waals surface area contributed by atoms with Gasteiger partial charge in [-0.05, 0) is 60.7 Å². The van der Waals surface area contributed by atoms with Crippen molar-refractivity contribution in [2.24, 2.45) is 0 Å². The zero-order valence-corrected chi connectivity index (χ0v) is 16.6. The van der Waals surface area contributed by atoms with Gasteiger partial charge in [0.15, 0.2) is 11.5 Å². The van der Waals surface area contributed by atoms with Crippen molar-refractivity contribution in [3.05, 3.63) is 83.3 Å². The number of nitrogens with one attached hydrogen (secondary N) is 2. The number of ether oxygens (including phenoxy) is 2. The Labute approximate surface area is 177 Å². The second-order valence-electron chi connectivity index (χ2n) is 6.21. The molecule has 0 aliphatic carbocycles. The Morgan fingerprint density at radius 3 is 1.29 bits per heavy atom. The Bertz CT molecular complexity index is 1030. The van der Waals surface area contributed by atoms with E-state index in [4.69, 9.17) is 4.42 Å². The number of methoxy groups -OCH3 is 2. The van der Waals surface area contributed by atoms with E-state index in [0.717, 1.165) is 0 Å². The molecule has 9 nitrogen and oxygen atoms in total. The first-order valence-corrected chi connectivity index (χ1v) is 9.00. The molecular formula is C22H18N2O7. The molecule has 0 radical (unpaired) electrons. The number of furan rings is 1. The van der Waals surface area contributed by atoms with Crippen molar-refractivity contribution in [3.8, 4) is 0 Å². The first-order valence-electron chi connectivity index (χ1n) is 9.00. The van der Waals surface area contributed by atoms with Gasteiger partial charge in [-0.2, -0.15) is 0 Å². The molecule has 3 rings (SSSR count). The van der Waals surface area contributed by atoms with Gasteiger partial charge in [-0.25, -0.2) is 9.59 Å². The normalized spacial score (nSPS) is 10.1. The summed E-state index contributed by atoms with van der Waals surface area (Å²) in [6.07, 6.45) is 0. The topological polar surface area (TPSA) is 124 Å². The second kappa shape index (κ2) is 9.40. The molecule has 1 heterocycles. The Morgan fingerprint density at radius 1 is 0.613 bits per heavy atom. The van der Waals surface area contributed by atoms with E-state index in [2.05, 4.69) is 20.1 Å². The summed E-state index contributed by atoms with van der Waals surface area (Å²) in [6.45, 7) is 0. The molecule has 0 aliphatic rings. The number of benzene rings is 2. The maximum absolute atomic E-state index is 12.3. The molecule has 0 spiro atoms. The fourth-order valence-corrected chi connectivity index (χ4v) is 2.58. The van der Waals surface area contributed by atoms with Crippen LogP contribution in [0.25, 0.3) is 0 Å². The first-order chi connectivity index (χ1) is 14.9. The largest absolute Gasteiger partial charge is 0.465 e. The van der Waals surface area contributed by atoms with Gasteiger partial charge in [-0.15, -0.1) is 0 Å². The van der Waals surface area contributed by atoms with Crippen LogP contribution in [0.15, 0.2) is 65.1 Å². The van der Waals surface area contributed by atoms with Gasteiger partial charge in [0.1, 0.15) is 0 Å². The second-order valence-corrected chi connectivity index (χ2v) is 6.21. The predicted octanol–water partition coefficient (Wildman–Crippen LogP) is 3.36. The number of esters is 2. The lowest BCUT2D eigenvalue weighted by atomic mass is 10.2. The Kier molecular flexibility index (Phi) is 6.46. The van der Waals surface area contributed by atoms with Gasteiger partial charge >= 0.3 is 11.9 Å². The average molecular weight is 422 g/mol. The summed E-state index contributed by atoms with van der Waals surface area (Å²) in [5.74, 6) is -2.23. The van der Waals surface area contributed by atoms with Gasteiger partial charge in [0, 0.05) is 11.4 Å². The summed E-state index contributed by atoms with van der Waals surface area (Å²) in [6, 6.07) is 14.9. The minimum Gasteiger partial charge on any atom is -0.465 e. The minimum absolute atomic E-state index is 0.0665. The zero-order chi connectivity index (χ0) is 22.4. The van der Waals surface area contributed by atoms with Crippen molar-refractivity contribution in [1.82, 2.24) is 0 Å². The monoisotopic (exact) mass is 422 g/mol. The third-order valence-corrected chi connectivity index (χ3v) is 4.18. The lowest BCUT2D eigenvalue weighted by Gasteiger charge is -2.05. The molecular weight excluding hydrogens is 404 g/mol. The number of anilines is 2. The molecule has 0 unspecified atom stereocenters. The van der Waals surface area contributed by atoms with E-state index < -0.39 is 23.8 Å². The Balaban J connectivity index is 1.62. The first kappa shape index (κ1) is 21.3. The molecule has 0 bridgehead atoms. The van der Waals surface area contributed by atoms with Crippen LogP contribution in [0.2, 0.25) is 0 Å². The summed E-state index contributed by atoms with van der Waals surface area (Å²) in [5, 5.41) is 5.21. The molecule has 2 aromatic carbocycles. The quantitative estimate of drug-likeness (QED) is 0.584. The van der Waals surface area contributed by atoms with Gasteiger partial charge < -0.3 is 24.5 Å². The van der Waals surface area contributed by atoms with E-state index in [1.807, 2.05) is 0 Å². The van der Waals surface area contributed by atoms with Crippen LogP contribution in [0.1, 0.15) is 41.8 Å². The van der Waals surface area contributed by atoms with Gasteiger partial charge in [0.05, 0.1) is 25.3 Å². The van der Waals surface area contributed by atoms with Crippen LogP contribution in [-0.4, -0.2) is 38.0 Å². The number of carbonyl (C=O) groups is 4. The number of amides is 2. The fourth-order valence-electron chi connectivity index (χ4n) is 2.58. The van der Waals surface area contributed by atoms with Crippen LogP contribution < -0.4 is 10.6 Å². The van der Waals surface area contributed by atoms with Gasteiger partial charge in [-0.1, -0.05) is 0 Å². The van der Waals surface area contributed by atoms with Crippen LogP contribution in [0.3, 0.4) is 0 Å². The molecule has 3 aromatic rings. The summed E-state index contributed by atoms with van der Waals surface area (Å²) in [7, 11) is 2.56. The number of hydrogen-bond acceptors (Lipinski definition) is 7. The van der Waals surface area contributed by atoms with Gasteiger partial charge in [-0.3, -0.25) is 9.59 Å². The van der Waals surface area contributed by atoms with Gasteiger partial charge in [0.25, 0.3) is 11.8 Å². The molecule has 2 N–H and O–H groups in total. The summed E-state index contributed by atoms with van der Waals surface area (Å²) in [4.78, 5) is 47.6. The highest BCUT2D eigenvalue weighted by atomic mass is 16.5. The van der Waals surface area contributed by atoms with Crippen LogP contribution in [0.5, 0.6) is 0 Å². The number of rotatable bonds is 6. The van der Waals surface area contributed by atoms with Crippen molar-refractivity contribution in [2.75, 3.05) is 24.9 Å². The highest BCUT2D eigenvalue weighted by Gasteiger charge is 2.17. The molecule has 0 saturated heterocycles. The maximum atomic E-state index is 12.3. The van der Waals surface area contributed by atoms with Gasteiger partial charge in [0.2, 0.25) is 0 Å². The molecule has 1 aromatic heterocycles. The highest BCUT2D eigenvalue weighted by molar-refractivity contribution is 6.06. The van der Waals surface area contributed by atoms with Crippen molar-refractivity contribution in [3.63, 3.8) is 0 Å². The predicted molar refractivity (Wildman–Crippen MR) is 110 cm³/mol. The number of hydrogen-bond donors (Lipinski definition) is 2. The van der Waals surface area contributed by atoms with E-state index in [0.29, 0.717) is 22.5 Å². The summed E-state index contributed by atoms with van der Waals surface area (Å²) in [5.41, 5.74) is 1.56. The summed E-state index contributed by atoms with van der Waals surface area (Å²) >= 11 is 0. The van der Waals surface area contributed by atoms with Crippen molar-refractivity contribution in [1.29, 1.82) is 0 Å². The van der Waals surface area contributed by atoms with Crippen molar-refractivity contribution >= 4 is 35.1 Å². The molecule has 0 atom stereocenters. The average Bonchev–Trinajstić information content (AvgIpc) is 3.30. The van der Waals surface area contributed by atoms with E-state index in [9.17, 15) is 19.2 Å². The van der Waals surface area contributed by atoms with Crippen LogP contribution in [0.4, 0.5) is 11.4 Å². The van der Waals surface area contributed by atoms with Crippen molar-refractivity contribution in [2.45, 2.75) is 0 Å². The third kappa shape index (κ3) is 5.15. The fraction of sp³-hybridized carbons (Fsp3) is 0.0909. The van der Waals surface area contributed by atoms with E-state index in [1.165, 1.54) is 50.6 Å². The summed E-state index contributed by atoms with van der Waals surface area (Å²) < 4.78 is 14.6. The Morgan fingerprint density at radius 2 is 0.968 bits per heavy atom.